The van der Waals surface area contributed by atoms with Gasteiger partial charge in [-0.3, -0.25) is 20.0 Å². The molecule has 5 heterocycles. The summed E-state index contributed by atoms with van der Waals surface area (Å²) in [5.74, 6) is -2.70. The lowest BCUT2D eigenvalue weighted by Crippen LogP contribution is -2.24. The Labute approximate surface area is 256 Å². The second kappa shape index (κ2) is 11.1. The molecule has 0 saturated carbocycles. The van der Waals surface area contributed by atoms with E-state index < -0.39 is 21.6 Å². The molecule has 1 aliphatic rings. The molecule has 6 aromatic rings. The number of nitrogens with one attached hydrogen (secondary N) is 2. The van der Waals surface area contributed by atoms with Gasteiger partial charge in [0.2, 0.25) is 0 Å². The van der Waals surface area contributed by atoms with Crippen molar-refractivity contribution in [2.75, 3.05) is 25.1 Å². The maximum absolute atomic E-state index is 14.6. The zero-order valence-corrected chi connectivity index (χ0v) is 25.0. The van der Waals surface area contributed by atoms with Crippen molar-refractivity contribution >= 4 is 31.8 Å². The number of para-hydroxylation sites is 1. The Hall–Kier alpha value is -4.62. The maximum atomic E-state index is 14.6. The number of benzene rings is 2. The van der Waals surface area contributed by atoms with Crippen LogP contribution < -0.4 is 0 Å². The largest absolute Gasteiger partial charge is 0.337 e. The Bertz CT molecular complexity index is 2180. The molecule has 1 aliphatic heterocycles. The van der Waals surface area contributed by atoms with E-state index in [-0.39, 0.29) is 25.1 Å². The van der Waals surface area contributed by atoms with Gasteiger partial charge in [-0.05, 0) is 53.4 Å². The van der Waals surface area contributed by atoms with Gasteiger partial charge >= 0.3 is 0 Å². The third kappa shape index (κ3) is 6.18. The van der Waals surface area contributed by atoms with E-state index in [2.05, 4.69) is 25.1 Å². The molecule has 0 amide bonds. The van der Waals surface area contributed by atoms with Crippen LogP contribution in [-0.4, -0.2) is 74.5 Å². The van der Waals surface area contributed by atoms with Crippen LogP contribution in [0.25, 0.3) is 55.8 Å². The second-order valence-corrected chi connectivity index (χ2v) is 13.9. The van der Waals surface area contributed by atoms with Crippen LogP contribution >= 0.6 is 0 Å². The van der Waals surface area contributed by atoms with Gasteiger partial charge in [-0.2, -0.15) is 5.10 Å². The predicted molar refractivity (Wildman–Crippen MR) is 166 cm³/mol. The topological polar surface area (TPSA) is 121 Å². The molecule has 0 aliphatic carbocycles. The van der Waals surface area contributed by atoms with Crippen LogP contribution in [0.5, 0.6) is 0 Å². The van der Waals surface area contributed by atoms with E-state index in [1.54, 1.807) is 29.6 Å². The van der Waals surface area contributed by atoms with Crippen molar-refractivity contribution in [1.29, 1.82) is 0 Å². The lowest BCUT2D eigenvalue weighted by Gasteiger charge is -2.15. The summed E-state index contributed by atoms with van der Waals surface area (Å²) < 4.78 is 65.4. The van der Waals surface area contributed by atoms with Gasteiger partial charge < -0.3 is 4.98 Å². The van der Waals surface area contributed by atoms with Gasteiger partial charge in [0.25, 0.3) is 5.92 Å². The van der Waals surface area contributed by atoms with E-state index in [1.165, 1.54) is 12.1 Å². The normalized spacial score (nSPS) is 15.4. The number of sulfone groups is 1. The van der Waals surface area contributed by atoms with Crippen LogP contribution in [0, 0.1) is 5.82 Å². The van der Waals surface area contributed by atoms with E-state index in [4.69, 9.17) is 4.98 Å². The molecule has 2 aromatic carbocycles. The molecule has 13 heteroatoms. The number of H-pyrrole nitrogens is 2. The number of hydrogen-bond acceptors (Lipinski definition) is 7. The summed E-state index contributed by atoms with van der Waals surface area (Å²) in [6, 6.07) is 13.9. The van der Waals surface area contributed by atoms with Crippen LogP contribution in [0.2, 0.25) is 0 Å². The van der Waals surface area contributed by atoms with Crippen molar-refractivity contribution in [3.63, 3.8) is 0 Å². The summed E-state index contributed by atoms with van der Waals surface area (Å²) in [6.07, 6.45) is 6.26. The molecule has 0 bridgehead atoms. The van der Waals surface area contributed by atoms with Gasteiger partial charge in [0.1, 0.15) is 21.3 Å². The highest BCUT2D eigenvalue weighted by atomic mass is 32.2. The molecule has 230 valence electrons. The number of fused-ring (bicyclic) bond motifs is 2. The van der Waals surface area contributed by atoms with E-state index in [0.717, 1.165) is 28.3 Å². The van der Waals surface area contributed by atoms with Gasteiger partial charge in [0.15, 0.2) is 5.82 Å². The SMILES string of the molecule is CS(=O)(=O)CCc1cc(F)cc(-c2cccc3[nH]c(-c4n[nH]c5cnc(-c6cncc(CN7CCC(F)(F)C7)c6)cc45)nc23)c1. The lowest BCUT2D eigenvalue weighted by molar-refractivity contribution is 0.0115. The summed E-state index contributed by atoms with van der Waals surface area (Å²) in [4.78, 5) is 18.8. The van der Waals surface area contributed by atoms with Crippen molar-refractivity contribution in [1.82, 2.24) is 35.0 Å². The molecule has 45 heavy (non-hydrogen) atoms. The minimum absolute atomic E-state index is 0.0760. The van der Waals surface area contributed by atoms with E-state index in [0.29, 0.717) is 58.0 Å². The molecule has 0 atom stereocenters. The first-order valence-electron chi connectivity index (χ1n) is 14.3. The molecule has 0 unspecified atom stereocenters. The van der Waals surface area contributed by atoms with Crippen molar-refractivity contribution in [3.8, 4) is 33.9 Å². The van der Waals surface area contributed by atoms with Crippen molar-refractivity contribution in [2.24, 2.45) is 0 Å². The van der Waals surface area contributed by atoms with Crippen LogP contribution in [-0.2, 0) is 22.8 Å². The summed E-state index contributed by atoms with van der Waals surface area (Å²) >= 11 is 0. The maximum Gasteiger partial charge on any atom is 0.261 e. The number of alkyl halides is 2. The fourth-order valence-electron chi connectivity index (χ4n) is 5.80. The van der Waals surface area contributed by atoms with Gasteiger partial charge in [0, 0.05) is 54.7 Å². The smallest absolute Gasteiger partial charge is 0.261 e. The van der Waals surface area contributed by atoms with E-state index in [1.807, 2.05) is 30.3 Å². The molecule has 1 fully saturated rings. The van der Waals surface area contributed by atoms with Crippen LogP contribution in [0.3, 0.4) is 0 Å². The first-order valence-corrected chi connectivity index (χ1v) is 16.4. The average Bonchev–Trinajstić information content (AvgIpc) is 3.71. The van der Waals surface area contributed by atoms with E-state index >= 15 is 0 Å². The molecule has 1 saturated heterocycles. The number of halogens is 3. The Morgan fingerprint density at radius 1 is 1.00 bits per heavy atom. The fraction of sp³-hybridized carbons (Fsp3) is 0.250. The van der Waals surface area contributed by atoms with Crippen molar-refractivity contribution in [3.05, 3.63) is 84.1 Å². The van der Waals surface area contributed by atoms with Gasteiger partial charge in [-0.15, -0.1) is 0 Å². The van der Waals surface area contributed by atoms with Crippen LogP contribution in [0.4, 0.5) is 13.2 Å². The van der Waals surface area contributed by atoms with Crippen molar-refractivity contribution in [2.45, 2.75) is 25.3 Å². The van der Waals surface area contributed by atoms with Crippen LogP contribution in [0.15, 0.2) is 67.1 Å². The Kier molecular flexibility index (Phi) is 7.16. The second-order valence-electron chi connectivity index (χ2n) is 11.6. The number of likely N-dealkylation sites (tertiary alicyclic amines) is 1. The molecular formula is C32H28F3N7O2S. The average molecular weight is 632 g/mol. The Morgan fingerprint density at radius 3 is 2.64 bits per heavy atom. The third-order valence-electron chi connectivity index (χ3n) is 7.96. The minimum Gasteiger partial charge on any atom is -0.337 e. The zero-order valence-electron chi connectivity index (χ0n) is 24.2. The van der Waals surface area contributed by atoms with E-state index in [9.17, 15) is 21.6 Å². The monoisotopic (exact) mass is 631 g/mol. The highest BCUT2D eigenvalue weighted by Crippen LogP contribution is 2.34. The van der Waals surface area contributed by atoms with Gasteiger partial charge in [-0.1, -0.05) is 18.2 Å². The van der Waals surface area contributed by atoms with Crippen LogP contribution in [0.1, 0.15) is 17.5 Å². The van der Waals surface area contributed by atoms with Gasteiger partial charge in [-0.25, -0.2) is 26.6 Å². The zero-order chi connectivity index (χ0) is 31.3. The number of rotatable bonds is 8. The molecule has 4 aromatic heterocycles. The minimum atomic E-state index is -3.20. The number of nitrogens with zero attached hydrogens (tertiary/aromatic N) is 5. The van der Waals surface area contributed by atoms with Crippen molar-refractivity contribution < 1.29 is 21.6 Å². The molecule has 9 nitrogen and oxygen atoms in total. The molecular weight excluding hydrogens is 603 g/mol. The first-order chi connectivity index (χ1) is 21.5. The first kappa shape index (κ1) is 29.1. The Morgan fingerprint density at radius 2 is 1.84 bits per heavy atom. The lowest BCUT2D eigenvalue weighted by atomic mass is 10.0. The number of hydrogen-bond donors (Lipinski definition) is 2. The number of imidazole rings is 1. The molecule has 7 rings (SSSR count). The van der Waals surface area contributed by atoms with Gasteiger partial charge in [0.05, 0.1) is 40.7 Å². The fourth-order valence-corrected chi connectivity index (χ4v) is 6.41. The molecule has 0 spiro atoms. The predicted octanol–water partition coefficient (Wildman–Crippen LogP) is 5.80. The quantitative estimate of drug-likeness (QED) is 0.218. The molecule has 0 radical (unpaired) electrons. The number of aromatic amines is 2. The summed E-state index contributed by atoms with van der Waals surface area (Å²) in [6.45, 7) is 0.451. The summed E-state index contributed by atoms with van der Waals surface area (Å²) in [5, 5.41) is 8.27. The summed E-state index contributed by atoms with van der Waals surface area (Å²) in [7, 11) is -3.20. The highest BCUT2D eigenvalue weighted by Gasteiger charge is 2.38. The highest BCUT2D eigenvalue weighted by molar-refractivity contribution is 7.90. The standard InChI is InChI=1S/C32H28F3N7O2S/c1-45(43,44)8-5-19-9-21(12-23(33)11-19)24-3-2-4-26-29(24)39-31(38-26)30-25-13-27(37-16-28(25)40-41-30)22-10-20(14-36-15-22)17-42-7-6-32(34,35)18-42/h2-4,9-16H,5-8,17-18H2,1H3,(H,38,39)(H,40,41). The summed E-state index contributed by atoms with van der Waals surface area (Å²) in [5.41, 5.74) is 6.66. The Balaban J connectivity index is 1.22. The third-order valence-corrected chi connectivity index (χ3v) is 8.91. The number of aromatic nitrogens is 6. The molecule has 2 N–H and O–H groups in total. The number of aryl methyl sites for hydroxylation is 1. The number of pyridine rings is 2.